The van der Waals surface area contributed by atoms with Crippen LogP contribution in [0.1, 0.15) is 10.4 Å². The minimum atomic E-state index is -3.37. The molecule has 0 unspecified atom stereocenters. The van der Waals surface area contributed by atoms with Crippen LogP contribution in [0.2, 0.25) is 0 Å². The van der Waals surface area contributed by atoms with Gasteiger partial charge in [0.2, 0.25) is 5.95 Å². The van der Waals surface area contributed by atoms with E-state index in [-0.39, 0.29) is 5.56 Å². The first-order valence-corrected chi connectivity index (χ1v) is 4.33. The van der Waals surface area contributed by atoms with E-state index >= 15 is 0 Å². The van der Waals surface area contributed by atoms with Gasteiger partial charge in [-0.25, -0.2) is 13.8 Å². The van der Waals surface area contributed by atoms with Gasteiger partial charge in [-0.3, -0.25) is 4.79 Å². The Labute approximate surface area is 89.1 Å². The first kappa shape index (κ1) is 12.4. The Morgan fingerprint density at radius 1 is 1.50 bits per heavy atom. The molecule has 1 aromatic heterocycles. The van der Waals surface area contributed by atoms with Crippen LogP contribution in [0, 0.1) is 5.95 Å². The zero-order chi connectivity index (χ0) is 12.2. The van der Waals surface area contributed by atoms with E-state index < -0.39 is 30.9 Å². The Bertz CT molecular complexity index is 368. The molecular formula is C9H9F3N2O2. The molecule has 0 aromatic carbocycles. The lowest BCUT2D eigenvalue weighted by atomic mass is 10.2. The summed E-state index contributed by atoms with van der Waals surface area (Å²) in [5, 5.41) is 10.1. The van der Waals surface area contributed by atoms with Crippen molar-refractivity contribution in [1.29, 1.82) is 0 Å². The second kappa shape index (κ2) is 4.93. The van der Waals surface area contributed by atoms with Crippen LogP contribution in [-0.2, 0) is 0 Å². The third-order valence-electron chi connectivity index (χ3n) is 1.73. The van der Waals surface area contributed by atoms with E-state index in [0.717, 1.165) is 18.3 Å². The van der Waals surface area contributed by atoms with Gasteiger partial charge in [-0.15, -0.1) is 0 Å². The maximum Gasteiger partial charge on any atom is 0.287 e. The molecule has 1 rings (SSSR count). The number of carbonyl (C=O) groups is 1. The molecule has 2 N–H and O–H groups in total. The second-order valence-corrected chi connectivity index (χ2v) is 3.07. The highest BCUT2D eigenvalue weighted by molar-refractivity contribution is 5.93. The molecule has 0 atom stereocenters. The highest BCUT2D eigenvalue weighted by Gasteiger charge is 2.28. The van der Waals surface area contributed by atoms with E-state index in [9.17, 15) is 18.0 Å². The average molecular weight is 234 g/mol. The van der Waals surface area contributed by atoms with Crippen LogP contribution in [0.25, 0.3) is 0 Å². The standard InChI is InChI=1S/C9H9F3N2O2/c10-7-2-1-6(3-13-7)8(16)14-4-9(11,12)5-15/h1-3,15H,4-5H2,(H,14,16). The van der Waals surface area contributed by atoms with Gasteiger partial charge in [0.1, 0.15) is 6.61 Å². The van der Waals surface area contributed by atoms with Crippen LogP contribution in [0.3, 0.4) is 0 Å². The third kappa shape index (κ3) is 3.50. The molecule has 16 heavy (non-hydrogen) atoms. The van der Waals surface area contributed by atoms with Gasteiger partial charge in [0, 0.05) is 6.20 Å². The molecule has 0 spiro atoms. The second-order valence-electron chi connectivity index (χ2n) is 3.07. The number of pyridine rings is 1. The maximum absolute atomic E-state index is 12.6. The predicted octanol–water partition coefficient (Wildman–Crippen LogP) is 0.578. The number of rotatable bonds is 4. The molecule has 4 nitrogen and oxygen atoms in total. The van der Waals surface area contributed by atoms with E-state index in [1.807, 2.05) is 5.32 Å². The maximum atomic E-state index is 12.6. The number of hydrogen-bond acceptors (Lipinski definition) is 3. The first-order chi connectivity index (χ1) is 7.44. The van der Waals surface area contributed by atoms with Gasteiger partial charge in [-0.05, 0) is 12.1 Å². The number of aliphatic hydroxyl groups is 1. The summed E-state index contributed by atoms with van der Waals surface area (Å²) in [6.45, 7) is -2.34. The Kier molecular flexibility index (Phi) is 3.83. The average Bonchev–Trinajstić information content (AvgIpc) is 2.27. The summed E-state index contributed by atoms with van der Waals surface area (Å²) in [6.07, 6.45) is 0.932. The molecular weight excluding hydrogens is 225 g/mol. The number of amides is 1. The summed E-state index contributed by atoms with van der Waals surface area (Å²) in [4.78, 5) is 14.4. The van der Waals surface area contributed by atoms with Crippen molar-refractivity contribution in [2.45, 2.75) is 5.92 Å². The predicted molar refractivity (Wildman–Crippen MR) is 48.6 cm³/mol. The number of nitrogens with one attached hydrogen (secondary N) is 1. The Hall–Kier alpha value is -1.63. The van der Waals surface area contributed by atoms with Gasteiger partial charge >= 0.3 is 0 Å². The molecule has 1 amide bonds. The molecule has 0 fully saturated rings. The molecule has 0 saturated carbocycles. The van der Waals surface area contributed by atoms with Gasteiger partial charge < -0.3 is 10.4 Å². The van der Waals surface area contributed by atoms with Crippen molar-refractivity contribution < 1.29 is 23.1 Å². The quantitative estimate of drug-likeness (QED) is 0.749. The lowest BCUT2D eigenvalue weighted by Crippen LogP contribution is -2.39. The van der Waals surface area contributed by atoms with Gasteiger partial charge in [-0.2, -0.15) is 4.39 Å². The van der Waals surface area contributed by atoms with Crippen LogP contribution in [-0.4, -0.2) is 35.1 Å². The molecule has 1 aromatic rings. The summed E-state index contributed by atoms with van der Waals surface area (Å²) in [6, 6.07) is 2.06. The topological polar surface area (TPSA) is 62.2 Å². The van der Waals surface area contributed by atoms with Crippen molar-refractivity contribution in [3.05, 3.63) is 29.8 Å². The Morgan fingerprint density at radius 3 is 2.69 bits per heavy atom. The fourth-order valence-electron chi connectivity index (χ4n) is 0.878. The van der Waals surface area contributed by atoms with Crippen LogP contribution in [0.15, 0.2) is 18.3 Å². The van der Waals surface area contributed by atoms with Crippen LogP contribution in [0.5, 0.6) is 0 Å². The van der Waals surface area contributed by atoms with Crippen LogP contribution < -0.4 is 5.32 Å². The molecule has 1 heterocycles. The lowest BCUT2D eigenvalue weighted by Gasteiger charge is -2.13. The van der Waals surface area contributed by atoms with Crippen molar-refractivity contribution in [3.8, 4) is 0 Å². The largest absolute Gasteiger partial charge is 0.390 e. The summed E-state index contributed by atoms with van der Waals surface area (Å²) in [5.41, 5.74) is -0.0323. The van der Waals surface area contributed by atoms with E-state index in [0.29, 0.717) is 0 Å². The normalized spacial score (nSPS) is 11.2. The van der Waals surface area contributed by atoms with Crippen LogP contribution >= 0.6 is 0 Å². The zero-order valence-corrected chi connectivity index (χ0v) is 8.08. The van der Waals surface area contributed by atoms with Crippen molar-refractivity contribution in [3.63, 3.8) is 0 Å². The highest BCUT2D eigenvalue weighted by Crippen LogP contribution is 2.10. The number of aromatic nitrogens is 1. The third-order valence-corrected chi connectivity index (χ3v) is 1.73. The summed E-state index contributed by atoms with van der Waals surface area (Å²) < 4.78 is 37.5. The van der Waals surface area contributed by atoms with Crippen molar-refractivity contribution in [2.75, 3.05) is 13.2 Å². The lowest BCUT2D eigenvalue weighted by molar-refractivity contribution is -0.0462. The number of aliphatic hydroxyl groups excluding tert-OH is 1. The van der Waals surface area contributed by atoms with Gasteiger partial charge in [0.25, 0.3) is 11.8 Å². The highest BCUT2D eigenvalue weighted by atomic mass is 19.3. The molecule has 0 aliphatic rings. The summed E-state index contributed by atoms with van der Waals surface area (Å²) in [7, 11) is 0. The molecule has 0 bridgehead atoms. The van der Waals surface area contributed by atoms with Crippen molar-refractivity contribution in [1.82, 2.24) is 10.3 Å². The SMILES string of the molecule is O=C(NCC(F)(F)CO)c1ccc(F)nc1. The van der Waals surface area contributed by atoms with E-state index in [4.69, 9.17) is 5.11 Å². The van der Waals surface area contributed by atoms with Gasteiger partial charge in [-0.1, -0.05) is 0 Å². The number of nitrogens with zero attached hydrogens (tertiary/aromatic N) is 1. The Balaban J connectivity index is 2.56. The first-order valence-electron chi connectivity index (χ1n) is 4.33. The molecule has 0 aliphatic carbocycles. The monoisotopic (exact) mass is 234 g/mol. The molecule has 0 saturated heterocycles. The number of carbonyl (C=O) groups excluding carboxylic acids is 1. The number of alkyl halides is 2. The van der Waals surface area contributed by atoms with E-state index in [1.54, 1.807) is 0 Å². The van der Waals surface area contributed by atoms with Gasteiger partial charge in [0.15, 0.2) is 0 Å². The number of hydrogen-bond donors (Lipinski definition) is 2. The summed E-state index contributed by atoms with van der Waals surface area (Å²) in [5.74, 6) is -4.94. The Morgan fingerprint density at radius 2 is 2.19 bits per heavy atom. The molecule has 7 heteroatoms. The molecule has 0 radical (unpaired) electrons. The van der Waals surface area contributed by atoms with E-state index in [1.165, 1.54) is 0 Å². The molecule has 88 valence electrons. The van der Waals surface area contributed by atoms with E-state index in [2.05, 4.69) is 4.98 Å². The van der Waals surface area contributed by atoms with Gasteiger partial charge in [0.05, 0.1) is 12.1 Å². The fraction of sp³-hybridized carbons (Fsp3) is 0.333. The van der Waals surface area contributed by atoms with Crippen molar-refractivity contribution >= 4 is 5.91 Å². The summed E-state index contributed by atoms with van der Waals surface area (Å²) >= 11 is 0. The minimum absolute atomic E-state index is 0.0323. The zero-order valence-electron chi connectivity index (χ0n) is 8.08. The van der Waals surface area contributed by atoms with Crippen molar-refractivity contribution in [2.24, 2.45) is 0 Å². The van der Waals surface area contributed by atoms with Crippen LogP contribution in [0.4, 0.5) is 13.2 Å². The number of halogens is 3. The smallest absolute Gasteiger partial charge is 0.287 e. The molecule has 0 aliphatic heterocycles. The minimum Gasteiger partial charge on any atom is -0.390 e. The fourth-order valence-corrected chi connectivity index (χ4v) is 0.878.